The first kappa shape index (κ1) is 12.3. The van der Waals surface area contributed by atoms with Crippen LogP contribution in [-0.4, -0.2) is 24.6 Å². The van der Waals surface area contributed by atoms with Crippen LogP contribution in [0.15, 0.2) is 47.5 Å². The van der Waals surface area contributed by atoms with Crippen molar-refractivity contribution in [2.75, 3.05) is 0 Å². The highest BCUT2D eigenvalue weighted by Crippen LogP contribution is 2.07. The Hall–Kier alpha value is -2.19. The van der Waals surface area contributed by atoms with Crippen LogP contribution in [-0.2, 0) is 14.9 Å². The molecule has 0 spiro atoms. The number of rotatable bonds is 4. The Morgan fingerprint density at radius 2 is 1.94 bits per heavy atom. The molecule has 94 valence electrons. The van der Waals surface area contributed by atoms with E-state index in [4.69, 9.17) is 0 Å². The number of aromatic amines is 1. The summed E-state index contributed by atoms with van der Waals surface area (Å²) >= 11 is 0. The maximum atomic E-state index is 11.7. The lowest BCUT2D eigenvalue weighted by Gasteiger charge is -2.05. The minimum absolute atomic E-state index is 0.00223. The average Bonchev–Trinajstić information content (AvgIpc) is 2.91. The first-order valence-corrected chi connectivity index (χ1v) is 6.35. The summed E-state index contributed by atoms with van der Waals surface area (Å²) in [4.78, 5) is 17.6. The molecule has 0 atom stereocenters. The van der Waals surface area contributed by atoms with Gasteiger partial charge in [-0.3, -0.25) is 5.10 Å². The second-order valence-corrected chi connectivity index (χ2v) is 4.90. The van der Waals surface area contributed by atoms with Crippen molar-refractivity contribution < 1.29 is 18.0 Å². The van der Waals surface area contributed by atoms with E-state index < -0.39 is 16.0 Å². The number of sulfonamides is 1. The maximum Gasteiger partial charge on any atom is 0.375 e. The number of carbonyl (C=O) groups excluding carboxylic acids is 1. The van der Waals surface area contributed by atoms with E-state index in [-0.39, 0.29) is 10.6 Å². The molecule has 0 radical (unpaired) electrons. The van der Waals surface area contributed by atoms with E-state index in [0.29, 0.717) is 0 Å². The van der Waals surface area contributed by atoms with E-state index in [9.17, 15) is 13.2 Å². The van der Waals surface area contributed by atoms with Crippen molar-refractivity contribution in [3.8, 4) is 0 Å². The molecule has 8 heteroatoms. The predicted octanol–water partition coefficient (Wildman–Crippen LogP) is 0.460. The Morgan fingerprint density at radius 3 is 2.56 bits per heavy atom. The van der Waals surface area contributed by atoms with Gasteiger partial charge in [0.1, 0.15) is 5.69 Å². The maximum absolute atomic E-state index is 11.7. The van der Waals surface area contributed by atoms with E-state index in [2.05, 4.69) is 15.0 Å². The van der Waals surface area contributed by atoms with Gasteiger partial charge in [-0.2, -0.15) is 5.10 Å². The lowest BCUT2D eigenvalue weighted by molar-refractivity contribution is 0.0400. The van der Waals surface area contributed by atoms with Crippen molar-refractivity contribution in [2.24, 2.45) is 0 Å². The highest BCUT2D eigenvalue weighted by atomic mass is 32.2. The number of benzene rings is 1. The van der Waals surface area contributed by atoms with Crippen LogP contribution in [0.3, 0.4) is 0 Å². The van der Waals surface area contributed by atoms with Crippen LogP contribution >= 0.6 is 0 Å². The molecule has 0 aliphatic carbocycles. The van der Waals surface area contributed by atoms with E-state index in [1.165, 1.54) is 24.4 Å². The summed E-state index contributed by atoms with van der Waals surface area (Å²) in [5, 5.41) is 5.90. The summed E-state index contributed by atoms with van der Waals surface area (Å²) in [6, 6.07) is 8.92. The molecule has 2 N–H and O–H groups in total. The first-order valence-electron chi connectivity index (χ1n) is 4.87. The number of H-pyrrole nitrogens is 1. The SMILES string of the molecule is O=C(ONS(=O)(=O)c1ccccc1)c1ccn[nH]1. The quantitative estimate of drug-likeness (QED) is 0.784. The summed E-state index contributed by atoms with van der Waals surface area (Å²) < 4.78 is 23.4. The van der Waals surface area contributed by atoms with Crippen molar-refractivity contribution in [3.63, 3.8) is 0 Å². The molecule has 0 saturated heterocycles. The Morgan fingerprint density at radius 1 is 1.22 bits per heavy atom. The fourth-order valence-corrected chi connectivity index (χ4v) is 1.96. The van der Waals surface area contributed by atoms with Crippen LogP contribution < -0.4 is 4.89 Å². The Labute approximate surface area is 103 Å². The Balaban J connectivity index is 2.05. The number of nitrogens with zero attached hydrogens (tertiary/aromatic N) is 1. The van der Waals surface area contributed by atoms with Gasteiger partial charge in [-0.1, -0.05) is 18.2 Å². The number of nitrogens with one attached hydrogen (secondary N) is 2. The third-order valence-electron chi connectivity index (χ3n) is 2.02. The summed E-state index contributed by atoms with van der Waals surface area (Å²) in [5.41, 5.74) is 0.0470. The average molecular weight is 267 g/mol. The zero-order valence-corrected chi connectivity index (χ0v) is 9.85. The molecule has 1 aromatic carbocycles. The largest absolute Gasteiger partial charge is 0.375 e. The van der Waals surface area contributed by atoms with Gasteiger partial charge in [0.05, 0.1) is 4.90 Å². The molecule has 0 bridgehead atoms. The van der Waals surface area contributed by atoms with Gasteiger partial charge in [0.25, 0.3) is 10.0 Å². The third kappa shape index (κ3) is 2.73. The van der Waals surface area contributed by atoms with Gasteiger partial charge >= 0.3 is 5.97 Å². The van der Waals surface area contributed by atoms with Gasteiger partial charge in [0.2, 0.25) is 0 Å². The minimum atomic E-state index is -3.87. The summed E-state index contributed by atoms with van der Waals surface area (Å²) in [5.74, 6) is -0.869. The van der Waals surface area contributed by atoms with Gasteiger partial charge in [-0.25, -0.2) is 13.2 Å². The summed E-state index contributed by atoms with van der Waals surface area (Å²) in [7, 11) is -3.87. The second-order valence-electron chi connectivity index (χ2n) is 3.26. The first-order chi connectivity index (χ1) is 8.59. The van der Waals surface area contributed by atoms with Crippen molar-refractivity contribution in [2.45, 2.75) is 4.90 Å². The molecule has 2 rings (SSSR count). The predicted molar refractivity (Wildman–Crippen MR) is 60.8 cm³/mol. The molecule has 1 aromatic heterocycles. The molecule has 1 heterocycles. The molecule has 0 amide bonds. The van der Waals surface area contributed by atoms with Crippen LogP contribution in [0.1, 0.15) is 10.5 Å². The molecule has 0 aliphatic heterocycles. The number of hydrogen-bond donors (Lipinski definition) is 2. The zero-order valence-electron chi connectivity index (χ0n) is 9.03. The number of hydrogen-bond acceptors (Lipinski definition) is 5. The number of aromatic nitrogens is 2. The van der Waals surface area contributed by atoms with Gasteiger partial charge in [0.15, 0.2) is 0 Å². The molecular weight excluding hydrogens is 258 g/mol. The second kappa shape index (κ2) is 4.98. The highest BCUT2D eigenvalue weighted by molar-refractivity contribution is 7.89. The molecule has 2 aromatic rings. The van der Waals surface area contributed by atoms with E-state index >= 15 is 0 Å². The fraction of sp³-hybridized carbons (Fsp3) is 0. The van der Waals surface area contributed by atoms with Crippen molar-refractivity contribution >= 4 is 16.0 Å². The van der Waals surface area contributed by atoms with Gasteiger partial charge in [-0.15, -0.1) is 0 Å². The topological polar surface area (TPSA) is 101 Å². The zero-order chi connectivity index (χ0) is 13.0. The normalized spacial score (nSPS) is 11.1. The minimum Gasteiger partial charge on any atom is -0.350 e. The number of carbonyl (C=O) groups is 1. The Kier molecular flexibility index (Phi) is 3.40. The van der Waals surface area contributed by atoms with Crippen LogP contribution in [0, 0.1) is 0 Å². The van der Waals surface area contributed by atoms with Crippen LogP contribution in [0.2, 0.25) is 0 Å². The molecule has 0 aliphatic rings. The molecule has 0 saturated carbocycles. The van der Waals surface area contributed by atoms with Crippen LogP contribution in [0.5, 0.6) is 0 Å². The standard InChI is InChI=1S/C10H9N3O4S/c14-10(9-6-7-11-12-9)17-13-18(15,16)8-4-2-1-3-5-8/h1-7,13H,(H,11,12). The summed E-state index contributed by atoms with van der Waals surface area (Å²) in [6.45, 7) is 0. The molecule has 18 heavy (non-hydrogen) atoms. The lowest BCUT2D eigenvalue weighted by atomic mass is 10.4. The lowest BCUT2D eigenvalue weighted by Crippen LogP contribution is -2.27. The van der Waals surface area contributed by atoms with Crippen molar-refractivity contribution in [1.29, 1.82) is 0 Å². The van der Waals surface area contributed by atoms with Crippen molar-refractivity contribution in [3.05, 3.63) is 48.3 Å². The molecular formula is C10H9N3O4S. The smallest absolute Gasteiger partial charge is 0.350 e. The van der Waals surface area contributed by atoms with Gasteiger partial charge < -0.3 is 4.84 Å². The Bertz CT molecular complexity index is 622. The van der Waals surface area contributed by atoms with E-state index in [0.717, 1.165) is 0 Å². The van der Waals surface area contributed by atoms with Gasteiger partial charge in [-0.05, 0) is 23.1 Å². The highest BCUT2D eigenvalue weighted by Gasteiger charge is 2.17. The summed E-state index contributed by atoms with van der Waals surface area (Å²) in [6.07, 6.45) is 1.35. The molecule has 0 unspecified atom stereocenters. The molecule has 7 nitrogen and oxygen atoms in total. The van der Waals surface area contributed by atoms with E-state index in [1.54, 1.807) is 23.1 Å². The van der Waals surface area contributed by atoms with Gasteiger partial charge in [0, 0.05) is 6.20 Å². The van der Waals surface area contributed by atoms with Crippen LogP contribution in [0.25, 0.3) is 0 Å². The van der Waals surface area contributed by atoms with E-state index in [1.807, 2.05) is 0 Å². The fourth-order valence-electron chi connectivity index (χ4n) is 1.17. The van der Waals surface area contributed by atoms with Crippen molar-refractivity contribution in [1.82, 2.24) is 15.1 Å². The van der Waals surface area contributed by atoms with Crippen LogP contribution in [0.4, 0.5) is 0 Å². The molecule has 0 fully saturated rings. The monoisotopic (exact) mass is 267 g/mol. The third-order valence-corrected chi connectivity index (χ3v) is 3.21.